The lowest BCUT2D eigenvalue weighted by molar-refractivity contribution is 0.439. The van der Waals surface area contributed by atoms with Gasteiger partial charge in [0.1, 0.15) is 0 Å². The second kappa shape index (κ2) is 5.71. The summed E-state index contributed by atoms with van der Waals surface area (Å²) in [5.74, 6) is 0.0851. The number of nitrogens with zero attached hydrogens (tertiary/aromatic N) is 2. The SMILES string of the molecule is CCCCc1ccc(-c2cc(O)nn2CC)cc1. The van der Waals surface area contributed by atoms with Crippen LogP contribution in [0.2, 0.25) is 0 Å². The zero-order valence-corrected chi connectivity index (χ0v) is 11.1. The van der Waals surface area contributed by atoms with Crippen LogP contribution in [0, 0.1) is 0 Å². The third kappa shape index (κ3) is 2.73. The molecule has 1 heterocycles. The molecule has 96 valence electrons. The minimum Gasteiger partial charge on any atom is -0.492 e. The lowest BCUT2D eigenvalue weighted by Gasteiger charge is -2.05. The van der Waals surface area contributed by atoms with Crippen molar-refractivity contribution in [2.24, 2.45) is 0 Å². The lowest BCUT2D eigenvalue weighted by atomic mass is 10.0. The molecule has 1 aromatic carbocycles. The maximum Gasteiger partial charge on any atom is 0.230 e. The van der Waals surface area contributed by atoms with Gasteiger partial charge in [-0.05, 0) is 30.9 Å². The van der Waals surface area contributed by atoms with Crippen molar-refractivity contribution in [2.75, 3.05) is 0 Å². The van der Waals surface area contributed by atoms with E-state index in [1.54, 1.807) is 6.07 Å². The highest BCUT2D eigenvalue weighted by Crippen LogP contribution is 2.24. The first-order chi connectivity index (χ1) is 8.74. The summed E-state index contributed by atoms with van der Waals surface area (Å²) in [6.45, 7) is 4.98. The maximum absolute atomic E-state index is 9.47. The summed E-state index contributed by atoms with van der Waals surface area (Å²) in [6, 6.07) is 10.2. The Morgan fingerprint density at radius 3 is 2.50 bits per heavy atom. The molecular weight excluding hydrogens is 224 g/mol. The third-order valence-corrected chi connectivity index (χ3v) is 3.14. The van der Waals surface area contributed by atoms with Gasteiger partial charge in [-0.2, -0.15) is 0 Å². The van der Waals surface area contributed by atoms with Crippen LogP contribution in [0.4, 0.5) is 0 Å². The maximum atomic E-state index is 9.47. The monoisotopic (exact) mass is 244 g/mol. The van der Waals surface area contributed by atoms with Crippen LogP contribution in [-0.4, -0.2) is 14.9 Å². The highest BCUT2D eigenvalue weighted by molar-refractivity contribution is 5.61. The topological polar surface area (TPSA) is 38.1 Å². The zero-order chi connectivity index (χ0) is 13.0. The van der Waals surface area contributed by atoms with E-state index in [0.29, 0.717) is 0 Å². The molecule has 1 N–H and O–H groups in total. The number of hydrogen-bond acceptors (Lipinski definition) is 2. The molecule has 0 atom stereocenters. The average Bonchev–Trinajstić information content (AvgIpc) is 2.78. The first-order valence-corrected chi connectivity index (χ1v) is 6.60. The van der Waals surface area contributed by atoms with E-state index < -0.39 is 0 Å². The molecule has 3 heteroatoms. The predicted molar refractivity (Wildman–Crippen MR) is 73.6 cm³/mol. The Bertz CT molecular complexity index is 500. The fourth-order valence-corrected chi connectivity index (χ4v) is 2.10. The molecule has 0 amide bonds. The minimum atomic E-state index is 0.0851. The van der Waals surface area contributed by atoms with Crippen molar-refractivity contribution in [2.45, 2.75) is 39.7 Å². The van der Waals surface area contributed by atoms with Crippen molar-refractivity contribution in [3.8, 4) is 17.1 Å². The van der Waals surface area contributed by atoms with Gasteiger partial charge >= 0.3 is 0 Å². The largest absolute Gasteiger partial charge is 0.492 e. The highest BCUT2D eigenvalue weighted by Gasteiger charge is 2.07. The standard InChI is InChI=1S/C15H20N2O/c1-3-5-6-12-7-9-13(10-8-12)14-11-15(18)16-17(14)4-2/h7-11H,3-6H2,1-2H3,(H,16,18). The fourth-order valence-electron chi connectivity index (χ4n) is 2.10. The van der Waals surface area contributed by atoms with Crippen molar-refractivity contribution < 1.29 is 5.11 Å². The van der Waals surface area contributed by atoms with E-state index in [2.05, 4.69) is 36.3 Å². The quantitative estimate of drug-likeness (QED) is 0.872. The first-order valence-electron chi connectivity index (χ1n) is 6.60. The Kier molecular flexibility index (Phi) is 4.03. The van der Waals surface area contributed by atoms with E-state index in [0.717, 1.165) is 24.2 Å². The first kappa shape index (κ1) is 12.7. The van der Waals surface area contributed by atoms with E-state index in [9.17, 15) is 5.11 Å². The van der Waals surface area contributed by atoms with Crippen LogP contribution < -0.4 is 0 Å². The summed E-state index contributed by atoms with van der Waals surface area (Å²) in [7, 11) is 0. The van der Waals surface area contributed by atoms with Crippen molar-refractivity contribution in [3.05, 3.63) is 35.9 Å². The molecule has 2 aromatic rings. The third-order valence-electron chi connectivity index (χ3n) is 3.14. The minimum absolute atomic E-state index is 0.0851. The molecule has 0 saturated heterocycles. The van der Waals surface area contributed by atoms with Crippen LogP contribution in [-0.2, 0) is 13.0 Å². The molecule has 3 nitrogen and oxygen atoms in total. The molecule has 18 heavy (non-hydrogen) atoms. The molecule has 0 aliphatic carbocycles. The molecule has 0 spiro atoms. The van der Waals surface area contributed by atoms with E-state index >= 15 is 0 Å². The average molecular weight is 244 g/mol. The molecule has 0 saturated carbocycles. The lowest BCUT2D eigenvalue weighted by Crippen LogP contribution is -1.98. The number of rotatable bonds is 5. The normalized spacial score (nSPS) is 10.8. The molecule has 0 unspecified atom stereocenters. The van der Waals surface area contributed by atoms with Gasteiger partial charge in [0, 0.05) is 12.6 Å². The van der Waals surface area contributed by atoms with Gasteiger partial charge < -0.3 is 5.11 Å². The molecule has 0 aliphatic heterocycles. The van der Waals surface area contributed by atoms with Gasteiger partial charge in [-0.15, -0.1) is 5.10 Å². The second-order valence-electron chi connectivity index (χ2n) is 4.50. The Hall–Kier alpha value is -1.77. The molecule has 0 aliphatic rings. The van der Waals surface area contributed by atoms with Crippen molar-refractivity contribution >= 4 is 0 Å². The van der Waals surface area contributed by atoms with Gasteiger partial charge in [0.15, 0.2) is 0 Å². The number of aromatic hydroxyl groups is 1. The highest BCUT2D eigenvalue weighted by atomic mass is 16.3. The summed E-state index contributed by atoms with van der Waals surface area (Å²) in [4.78, 5) is 0. The fraction of sp³-hybridized carbons (Fsp3) is 0.400. The van der Waals surface area contributed by atoms with Crippen LogP contribution >= 0.6 is 0 Å². The Balaban J connectivity index is 2.22. The second-order valence-corrected chi connectivity index (χ2v) is 4.50. The zero-order valence-electron chi connectivity index (χ0n) is 11.1. The van der Waals surface area contributed by atoms with E-state index in [4.69, 9.17) is 0 Å². The van der Waals surface area contributed by atoms with Gasteiger partial charge in [-0.25, -0.2) is 0 Å². The summed E-state index contributed by atoms with van der Waals surface area (Å²) in [5.41, 5.74) is 3.44. The van der Waals surface area contributed by atoms with Crippen molar-refractivity contribution in [1.29, 1.82) is 0 Å². The Morgan fingerprint density at radius 1 is 1.17 bits per heavy atom. The number of hydrogen-bond donors (Lipinski definition) is 1. The molecule has 0 radical (unpaired) electrons. The Labute approximate surface area is 108 Å². The number of aryl methyl sites for hydroxylation is 2. The molecule has 2 rings (SSSR count). The van der Waals surface area contributed by atoms with Crippen LogP contribution in [0.3, 0.4) is 0 Å². The molecule has 0 fully saturated rings. The van der Waals surface area contributed by atoms with Crippen LogP contribution in [0.25, 0.3) is 11.3 Å². The van der Waals surface area contributed by atoms with Gasteiger partial charge in [0.05, 0.1) is 5.69 Å². The number of aromatic nitrogens is 2. The van der Waals surface area contributed by atoms with E-state index in [1.165, 1.54) is 18.4 Å². The summed E-state index contributed by atoms with van der Waals surface area (Å²) in [5, 5.41) is 13.5. The van der Waals surface area contributed by atoms with Crippen LogP contribution in [0.1, 0.15) is 32.3 Å². The summed E-state index contributed by atoms with van der Waals surface area (Å²) < 4.78 is 1.82. The molecule has 1 aromatic heterocycles. The van der Waals surface area contributed by atoms with Gasteiger partial charge in [0.2, 0.25) is 5.88 Å². The Morgan fingerprint density at radius 2 is 1.89 bits per heavy atom. The van der Waals surface area contributed by atoms with Crippen molar-refractivity contribution in [3.63, 3.8) is 0 Å². The van der Waals surface area contributed by atoms with Crippen LogP contribution in [0.15, 0.2) is 30.3 Å². The predicted octanol–water partition coefficient (Wildman–Crippen LogP) is 3.62. The van der Waals surface area contributed by atoms with Crippen molar-refractivity contribution in [1.82, 2.24) is 9.78 Å². The molecule has 0 bridgehead atoms. The van der Waals surface area contributed by atoms with Gasteiger partial charge in [0.25, 0.3) is 0 Å². The van der Waals surface area contributed by atoms with E-state index in [1.807, 2.05) is 11.6 Å². The van der Waals surface area contributed by atoms with Gasteiger partial charge in [-0.3, -0.25) is 4.68 Å². The summed E-state index contributed by atoms with van der Waals surface area (Å²) >= 11 is 0. The number of unbranched alkanes of at least 4 members (excludes halogenated alkanes) is 1. The van der Waals surface area contributed by atoms with Gasteiger partial charge in [-0.1, -0.05) is 37.6 Å². The van der Waals surface area contributed by atoms with E-state index in [-0.39, 0.29) is 5.88 Å². The summed E-state index contributed by atoms with van der Waals surface area (Å²) in [6.07, 6.45) is 3.58. The smallest absolute Gasteiger partial charge is 0.230 e. The number of benzene rings is 1. The van der Waals surface area contributed by atoms with Crippen LogP contribution in [0.5, 0.6) is 5.88 Å². The molecular formula is C15H20N2O.